The third kappa shape index (κ3) is 4.64. The predicted molar refractivity (Wildman–Crippen MR) is 87.4 cm³/mol. The van der Waals surface area contributed by atoms with Gasteiger partial charge in [-0.1, -0.05) is 42.5 Å². The van der Waals surface area contributed by atoms with Crippen molar-refractivity contribution in [3.8, 4) is 11.4 Å². The molecule has 3 nitrogen and oxygen atoms in total. The van der Waals surface area contributed by atoms with Crippen LogP contribution in [-0.2, 0) is 24.1 Å². The predicted octanol–water partition coefficient (Wildman–Crippen LogP) is 4.88. The highest BCUT2D eigenvalue weighted by Crippen LogP contribution is 2.30. The Labute approximate surface area is 143 Å². The maximum absolute atomic E-state index is 12.6. The molecule has 0 saturated carbocycles. The Morgan fingerprint density at radius 1 is 0.840 bits per heavy atom. The molecule has 0 aliphatic carbocycles. The largest absolute Gasteiger partial charge is 0.416 e. The fourth-order valence-electron chi connectivity index (χ4n) is 2.27. The number of aromatic nitrogens is 2. The van der Waals surface area contributed by atoms with Gasteiger partial charge in [-0.2, -0.15) is 13.2 Å². The number of alkyl halides is 3. The number of hydrogen-bond donors (Lipinski definition) is 0. The van der Waals surface area contributed by atoms with E-state index in [1.807, 2.05) is 30.3 Å². The molecule has 3 aromatic rings. The standard InChI is InChI=1S/C19H15F3N2O/c20-19(21,22)16-8-6-15(7-9-16)18-23-11-10-17(24-18)13-25-12-14-4-2-1-3-5-14/h1-11H,12-13H2. The summed E-state index contributed by atoms with van der Waals surface area (Å²) in [5.74, 6) is 0.370. The van der Waals surface area contributed by atoms with Crippen LogP contribution < -0.4 is 0 Å². The van der Waals surface area contributed by atoms with Crippen LogP contribution in [0.15, 0.2) is 66.9 Å². The summed E-state index contributed by atoms with van der Waals surface area (Å²) in [6.45, 7) is 0.755. The van der Waals surface area contributed by atoms with Gasteiger partial charge in [0.05, 0.1) is 24.5 Å². The highest BCUT2D eigenvalue weighted by Gasteiger charge is 2.30. The molecule has 0 radical (unpaired) electrons. The molecule has 2 aromatic carbocycles. The van der Waals surface area contributed by atoms with Crippen LogP contribution in [0.3, 0.4) is 0 Å². The Morgan fingerprint density at radius 3 is 2.24 bits per heavy atom. The van der Waals surface area contributed by atoms with Gasteiger partial charge < -0.3 is 4.74 Å². The van der Waals surface area contributed by atoms with Crippen molar-refractivity contribution >= 4 is 0 Å². The lowest BCUT2D eigenvalue weighted by molar-refractivity contribution is -0.137. The molecule has 25 heavy (non-hydrogen) atoms. The Kier molecular flexibility index (Phi) is 5.09. The van der Waals surface area contributed by atoms with Crippen LogP contribution in [-0.4, -0.2) is 9.97 Å². The minimum atomic E-state index is -4.35. The van der Waals surface area contributed by atoms with Gasteiger partial charge in [-0.3, -0.25) is 0 Å². The van der Waals surface area contributed by atoms with Crippen LogP contribution in [0.5, 0.6) is 0 Å². The van der Waals surface area contributed by atoms with Crippen molar-refractivity contribution in [3.05, 3.63) is 83.7 Å². The van der Waals surface area contributed by atoms with Crippen molar-refractivity contribution in [1.29, 1.82) is 0 Å². The SMILES string of the molecule is FC(F)(F)c1ccc(-c2nccc(COCc3ccccc3)n2)cc1. The molecule has 0 spiro atoms. The zero-order valence-electron chi connectivity index (χ0n) is 13.2. The van der Waals surface area contributed by atoms with Gasteiger partial charge in [-0.15, -0.1) is 0 Å². The maximum Gasteiger partial charge on any atom is 0.416 e. The number of hydrogen-bond acceptors (Lipinski definition) is 3. The van der Waals surface area contributed by atoms with Crippen molar-refractivity contribution in [3.63, 3.8) is 0 Å². The molecule has 128 valence electrons. The summed E-state index contributed by atoms with van der Waals surface area (Å²) in [6.07, 6.45) is -2.78. The van der Waals surface area contributed by atoms with E-state index < -0.39 is 11.7 Å². The minimum absolute atomic E-state index is 0.297. The van der Waals surface area contributed by atoms with Crippen molar-refractivity contribution in [2.75, 3.05) is 0 Å². The molecule has 0 unspecified atom stereocenters. The number of nitrogens with zero attached hydrogens (tertiary/aromatic N) is 2. The van der Waals surface area contributed by atoms with E-state index in [0.29, 0.717) is 30.3 Å². The summed E-state index contributed by atoms with van der Waals surface area (Å²) in [6, 6.07) is 16.2. The topological polar surface area (TPSA) is 35.0 Å². The summed E-state index contributed by atoms with van der Waals surface area (Å²) in [7, 11) is 0. The number of rotatable bonds is 5. The lowest BCUT2D eigenvalue weighted by Crippen LogP contribution is -2.04. The third-order valence-corrected chi connectivity index (χ3v) is 3.55. The first kappa shape index (κ1) is 17.1. The lowest BCUT2D eigenvalue weighted by Gasteiger charge is -2.08. The average molecular weight is 344 g/mol. The van der Waals surface area contributed by atoms with Crippen molar-refractivity contribution < 1.29 is 17.9 Å². The maximum atomic E-state index is 12.6. The highest BCUT2D eigenvalue weighted by atomic mass is 19.4. The first-order valence-electron chi connectivity index (χ1n) is 7.63. The van der Waals surface area contributed by atoms with Crippen molar-refractivity contribution in [1.82, 2.24) is 9.97 Å². The van der Waals surface area contributed by atoms with Gasteiger partial charge in [0.2, 0.25) is 0 Å². The number of ether oxygens (including phenoxy) is 1. The molecule has 0 saturated heterocycles. The first-order valence-corrected chi connectivity index (χ1v) is 7.63. The van der Waals surface area contributed by atoms with Gasteiger partial charge in [-0.25, -0.2) is 9.97 Å². The van der Waals surface area contributed by atoms with E-state index in [9.17, 15) is 13.2 Å². The molecule has 1 aromatic heterocycles. The molecule has 0 bridgehead atoms. The van der Waals surface area contributed by atoms with Crippen LogP contribution in [0.25, 0.3) is 11.4 Å². The summed E-state index contributed by atoms with van der Waals surface area (Å²) in [4.78, 5) is 8.47. The Balaban J connectivity index is 1.67. The van der Waals surface area contributed by atoms with Crippen molar-refractivity contribution in [2.24, 2.45) is 0 Å². The zero-order valence-corrected chi connectivity index (χ0v) is 13.2. The lowest BCUT2D eigenvalue weighted by atomic mass is 10.1. The minimum Gasteiger partial charge on any atom is -0.370 e. The third-order valence-electron chi connectivity index (χ3n) is 3.55. The fourth-order valence-corrected chi connectivity index (χ4v) is 2.27. The second-order valence-corrected chi connectivity index (χ2v) is 5.43. The average Bonchev–Trinajstić information content (AvgIpc) is 2.62. The van der Waals surface area contributed by atoms with E-state index in [-0.39, 0.29) is 0 Å². The van der Waals surface area contributed by atoms with E-state index in [0.717, 1.165) is 17.7 Å². The zero-order chi connectivity index (χ0) is 17.7. The Morgan fingerprint density at radius 2 is 1.56 bits per heavy atom. The fraction of sp³-hybridized carbons (Fsp3) is 0.158. The number of benzene rings is 2. The van der Waals surface area contributed by atoms with Gasteiger partial charge in [0.25, 0.3) is 0 Å². The quantitative estimate of drug-likeness (QED) is 0.662. The Hall–Kier alpha value is -2.73. The monoisotopic (exact) mass is 344 g/mol. The summed E-state index contributed by atoms with van der Waals surface area (Å²) in [5.41, 5.74) is 1.55. The van der Waals surface area contributed by atoms with Gasteiger partial charge >= 0.3 is 6.18 Å². The van der Waals surface area contributed by atoms with Gasteiger partial charge in [-0.05, 0) is 23.8 Å². The molecule has 0 N–H and O–H groups in total. The molecule has 0 aliphatic rings. The molecule has 0 amide bonds. The number of halogens is 3. The van der Waals surface area contributed by atoms with Crippen LogP contribution in [0, 0.1) is 0 Å². The van der Waals surface area contributed by atoms with Crippen molar-refractivity contribution in [2.45, 2.75) is 19.4 Å². The first-order chi connectivity index (χ1) is 12.0. The van der Waals surface area contributed by atoms with Crippen LogP contribution >= 0.6 is 0 Å². The normalized spacial score (nSPS) is 11.5. The van der Waals surface area contributed by atoms with Crippen LogP contribution in [0.2, 0.25) is 0 Å². The molecule has 1 heterocycles. The van der Waals surface area contributed by atoms with Gasteiger partial charge in [0.15, 0.2) is 5.82 Å². The molecule has 3 rings (SSSR count). The molecular weight excluding hydrogens is 329 g/mol. The van der Waals surface area contributed by atoms with E-state index in [2.05, 4.69) is 9.97 Å². The smallest absolute Gasteiger partial charge is 0.370 e. The van der Waals surface area contributed by atoms with E-state index in [1.165, 1.54) is 12.1 Å². The Bertz CT molecular complexity index is 818. The van der Waals surface area contributed by atoms with E-state index >= 15 is 0 Å². The second-order valence-electron chi connectivity index (χ2n) is 5.43. The summed E-state index contributed by atoms with van der Waals surface area (Å²) < 4.78 is 43.5. The molecule has 0 fully saturated rings. The molecule has 6 heteroatoms. The van der Waals surface area contributed by atoms with E-state index in [1.54, 1.807) is 12.3 Å². The summed E-state index contributed by atoms with van der Waals surface area (Å²) in [5, 5.41) is 0. The van der Waals surface area contributed by atoms with Crippen LogP contribution in [0.1, 0.15) is 16.8 Å². The van der Waals surface area contributed by atoms with Gasteiger partial charge in [0, 0.05) is 11.8 Å². The second kappa shape index (κ2) is 7.44. The molecule has 0 atom stereocenters. The highest BCUT2D eigenvalue weighted by molar-refractivity contribution is 5.55. The molecule has 0 aliphatic heterocycles. The van der Waals surface area contributed by atoms with Crippen LogP contribution in [0.4, 0.5) is 13.2 Å². The summed E-state index contributed by atoms with van der Waals surface area (Å²) >= 11 is 0. The van der Waals surface area contributed by atoms with Gasteiger partial charge in [0.1, 0.15) is 0 Å². The molecular formula is C19H15F3N2O. The van der Waals surface area contributed by atoms with E-state index in [4.69, 9.17) is 4.74 Å².